The summed E-state index contributed by atoms with van der Waals surface area (Å²) >= 11 is 0. The predicted molar refractivity (Wildman–Crippen MR) is 124 cm³/mol. The molecule has 2 amide bonds. The summed E-state index contributed by atoms with van der Waals surface area (Å²) in [5.74, 6) is -0.515. The van der Waals surface area contributed by atoms with Gasteiger partial charge in [0.25, 0.3) is 11.8 Å². The number of benzene rings is 1. The van der Waals surface area contributed by atoms with Gasteiger partial charge in [0.05, 0.1) is 12.6 Å². The summed E-state index contributed by atoms with van der Waals surface area (Å²) in [6.07, 6.45) is 8.07. The molecular weight excluding hydrogens is 406 g/mol. The van der Waals surface area contributed by atoms with Crippen LogP contribution >= 0.6 is 0 Å². The number of amides is 2. The van der Waals surface area contributed by atoms with Gasteiger partial charge in [-0.2, -0.15) is 0 Å². The zero-order valence-electron chi connectivity index (χ0n) is 18.9. The standard InChI is InChI=1S/C25H33N3O4/c1-3-26-24(31)20-15-28(14-18-10-6-4-7-11-18)16-21(23(20)30)25(32)27(2)17-22(29)19-12-8-5-9-13-19/h5,8-9,12-13,15-16,18,22,29H,3-4,6-7,10-11,14,17H2,1-2H3,(H,26,31)/t22-/m0/s1. The lowest BCUT2D eigenvalue weighted by atomic mass is 9.89. The minimum atomic E-state index is -0.874. The lowest BCUT2D eigenvalue weighted by Crippen LogP contribution is -2.38. The van der Waals surface area contributed by atoms with E-state index in [1.807, 2.05) is 22.8 Å². The third-order valence-electron chi connectivity index (χ3n) is 6.06. The number of rotatable bonds is 8. The predicted octanol–water partition coefficient (Wildman–Crippen LogP) is 2.98. The molecule has 1 aliphatic rings. The van der Waals surface area contributed by atoms with E-state index in [-0.39, 0.29) is 17.7 Å². The molecular formula is C25H33N3O4. The van der Waals surface area contributed by atoms with E-state index in [1.54, 1.807) is 38.5 Å². The number of nitrogens with one attached hydrogen (secondary N) is 1. The Morgan fingerprint density at radius 2 is 1.78 bits per heavy atom. The van der Waals surface area contributed by atoms with Crippen LogP contribution < -0.4 is 10.7 Å². The number of carbonyl (C=O) groups excluding carboxylic acids is 2. The first-order valence-electron chi connectivity index (χ1n) is 11.4. The van der Waals surface area contributed by atoms with Gasteiger partial charge < -0.3 is 19.9 Å². The summed E-state index contributed by atoms with van der Waals surface area (Å²) in [6.45, 7) is 2.88. The van der Waals surface area contributed by atoms with E-state index in [9.17, 15) is 19.5 Å². The molecule has 0 spiro atoms. The molecule has 172 valence electrons. The van der Waals surface area contributed by atoms with E-state index >= 15 is 0 Å². The molecule has 1 heterocycles. The van der Waals surface area contributed by atoms with Gasteiger partial charge in [-0.25, -0.2) is 0 Å². The molecule has 0 bridgehead atoms. The number of hydrogen-bond donors (Lipinski definition) is 2. The molecule has 3 rings (SSSR count). The van der Waals surface area contributed by atoms with Gasteiger partial charge in [0.2, 0.25) is 5.43 Å². The largest absolute Gasteiger partial charge is 0.387 e. The number of hydrogen-bond acceptors (Lipinski definition) is 4. The molecule has 2 aromatic rings. The van der Waals surface area contributed by atoms with Crippen molar-refractivity contribution in [3.8, 4) is 0 Å². The quantitative estimate of drug-likeness (QED) is 0.662. The SMILES string of the molecule is CCNC(=O)c1cn(CC2CCCCC2)cc(C(=O)N(C)C[C@H](O)c2ccccc2)c1=O. The van der Waals surface area contributed by atoms with Crippen LogP contribution in [0.25, 0.3) is 0 Å². The van der Waals surface area contributed by atoms with E-state index in [0.29, 0.717) is 24.6 Å². The van der Waals surface area contributed by atoms with E-state index in [0.717, 1.165) is 12.8 Å². The van der Waals surface area contributed by atoms with Gasteiger partial charge in [0.1, 0.15) is 11.1 Å². The highest BCUT2D eigenvalue weighted by Crippen LogP contribution is 2.25. The highest BCUT2D eigenvalue weighted by atomic mass is 16.3. The van der Waals surface area contributed by atoms with Crippen molar-refractivity contribution in [3.63, 3.8) is 0 Å². The Morgan fingerprint density at radius 1 is 1.12 bits per heavy atom. The van der Waals surface area contributed by atoms with Crippen LogP contribution in [0.1, 0.15) is 71.4 Å². The molecule has 1 saturated carbocycles. The Balaban J connectivity index is 1.87. The highest BCUT2D eigenvalue weighted by Gasteiger charge is 2.24. The van der Waals surface area contributed by atoms with Crippen LogP contribution in [0.2, 0.25) is 0 Å². The lowest BCUT2D eigenvalue weighted by Gasteiger charge is -2.24. The molecule has 1 fully saturated rings. The van der Waals surface area contributed by atoms with Gasteiger partial charge in [-0.05, 0) is 31.2 Å². The third-order valence-corrected chi connectivity index (χ3v) is 6.06. The van der Waals surface area contributed by atoms with Crippen LogP contribution in [-0.2, 0) is 6.54 Å². The summed E-state index contributed by atoms with van der Waals surface area (Å²) in [4.78, 5) is 40.1. The zero-order valence-corrected chi connectivity index (χ0v) is 18.9. The van der Waals surface area contributed by atoms with Gasteiger partial charge in [0.15, 0.2) is 0 Å². The minimum absolute atomic E-state index is 0.0227. The monoisotopic (exact) mass is 439 g/mol. The van der Waals surface area contributed by atoms with Crippen LogP contribution in [0, 0.1) is 5.92 Å². The van der Waals surface area contributed by atoms with Gasteiger partial charge in [0, 0.05) is 32.5 Å². The fourth-order valence-electron chi connectivity index (χ4n) is 4.30. The topological polar surface area (TPSA) is 91.6 Å². The van der Waals surface area contributed by atoms with Crippen molar-refractivity contribution < 1.29 is 14.7 Å². The number of likely N-dealkylation sites (N-methyl/N-ethyl adjacent to an activating group) is 1. The Kier molecular flexibility index (Phi) is 8.22. The molecule has 1 aromatic heterocycles. The van der Waals surface area contributed by atoms with Crippen LogP contribution in [0.5, 0.6) is 0 Å². The summed E-state index contributed by atoms with van der Waals surface area (Å²) in [5.41, 5.74) is 0.0395. The van der Waals surface area contributed by atoms with E-state index < -0.39 is 23.3 Å². The number of pyridine rings is 1. The maximum Gasteiger partial charge on any atom is 0.259 e. The lowest BCUT2D eigenvalue weighted by molar-refractivity contribution is 0.0678. The number of carbonyl (C=O) groups is 2. The van der Waals surface area contributed by atoms with Crippen LogP contribution in [-0.4, -0.2) is 46.5 Å². The first-order valence-corrected chi connectivity index (χ1v) is 11.4. The van der Waals surface area contributed by atoms with Crippen molar-refractivity contribution in [2.45, 2.75) is 51.7 Å². The normalized spacial score (nSPS) is 15.2. The average molecular weight is 440 g/mol. The van der Waals surface area contributed by atoms with E-state index in [4.69, 9.17) is 0 Å². The van der Waals surface area contributed by atoms with Crippen molar-refractivity contribution in [1.29, 1.82) is 0 Å². The van der Waals surface area contributed by atoms with Gasteiger partial charge in [-0.1, -0.05) is 49.6 Å². The molecule has 1 atom stereocenters. The second-order valence-corrected chi connectivity index (χ2v) is 8.59. The summed E-state index contributed by atoms with van der Waals surface area (Å²) in [7, 11) is 1.55. The Labute approximate surface area is 189 Å². The third kappa shape index (κ3) is 5.85. The summed E-state index contributed by atoms with van der Waals surface area (Å²) in [5, 5.41) is 13.2. The van der Waals surface area contributed by atoms with Crippen LogP contribution in [0.3, 0.4) is 0 Å². The second kappa shape index (κ2) is 11.1. The summed E-state index contributed by atoms with van der Waals surface area (Å²) < 4.78 is 1.82. The molecule has 0 saturated heterocycles. The van der Waals surface area contributed by atoms with E-state index in [1.165, 1.54) is 24.2 Å². The van der Waals surface area contributed by atoms with Crippen molar-refractivity contribution in [2.75, 3.05) is 20.1 Å². The fourth-order valence-corrected chi connectivity index (χ4v) is 4.30. The smallest absolute Gasteiger partial charge is 0.259 e. The molecule has 1 aliphatic carbocycles. The molecule has 1 aromatic carbocycles. The Hall–Kier alpha value is -2.93. The van der Waals surface area contributed by atoms with Crippen LogP contribution in [0.15, 0.2) is 47.5 Å². The maximum absolute atomic E-state index is 13.2. The average Bonchev–Trinajstić information content (AvgIpc) is 2.81. The fraction of sp³-hybridized carbons (Fsp3) is 0.480. The second-order valence-electron chi connectivity index (χ2n) is 8.59. The van der Waals surface area contributed by atoms with Crippen molar-refractivity contribution in [1.82, 2.24) is 14.8 Å². The first kappa shape index (κ1) is 23.7. The van der Waals surface area contributed by atoms with Crippen molar-refractivity contribution in [2.24, 2.45) is 5.92 Å². The molecule has 32 heavy (non-hydrogen) atoms. The maximum atomic E-state index is 13.2. The Morgan fingerprint density at radius 3 is 2.44 bits per heavy atom. The highest BCUT2D eigenvalue weighted by molar-refractivity contribution is 5.99. The number of aliphatic hydroxyl groups is 1. The summed E-state index contributed by atoms with van der Waals surface area (Å²) in [6, 6.07) is 9.07. The molecule has 7 nitrogen and oxygen atoms in total. The minimum Gasteiger partial charge on any atom is -0.387 e. The molecule has 7 heteroatoms. The molecule has 0 aliphatic heterocycles. The van der Waals surface area contributed by atoms with Gasteiger partial charge >= 0.3 is 0 Å². The Bertz CT molecular complexity index is 980. The van der Waals surface area contributed by atoms with Crippen molar-refractivity contribution >= 4 is 11.8 Å². The number of aliphatic hydroxyl groups excluding tert-OH is 1. The molecule has 0 unspecified atom stereocenters. The zero-order chi connectivity index (χ0) is 23.1. The van der Waals surface area contributed by atoms with Gasteiger partial charge in [-0.15, -0.1) is 0 Å². The first-order chi connectivity index (χ1) is 15.4. The van der Waals surface area contributed by atoms with Gasteiger partial charge in [-0.3, -0.25) is 14.4 Å². The van der Waals surface area contributed by atoms with Crippen molar-refractivity contribution in [3.05, 3.63) is 69.6 Å². The molecule has 2 N–H and O–H groups in total. The number of nitrogens with zero attached hydrogens (tertiary/aromatic N) is 2. The molecule has 0 radical (unpaired) electrons. The van der Waals surface area contributed by atoms with E-state index in [2.05, 4.69) is 5.32 Å². The number of aromatic nitrogens is 1. The van der Waals surface area contributed by atoms with Crippen LogP contribution in [0.4, 0.5) is 0 Å².